The van der Waals surface area contributed by atoms with Gasteiger partial charge in [0, 0.05) is 24.6 Å². The number of esters is 1. The maximum atomic E-state index is 12.9. The molecule has 2 amide bonds. The van der Waals surface area contributed by atoms with Gasteiger partial charge in [0.25, 0.3) is 5.69 Å². The predicted molar refractivity (Wildman–Crippen MR) is 118 cm³/mol. The van der Waals surface area contributed by atoms with Crippen LogP contribution in [0.3, 0.4) is 0 Å². The third-order valence-electron chi connectivity index (χ3n) is 4.60. The molecule has 0 spiro atoms. The molecule has 33 heavy (non-hydrogen) atoms. The number of hydrogen-bond donors (Lipinski definition) is 1. The molecule has 11 heteroatoms. The molecule has 1 aliphatic rings. The number of alkyl carbamates (subject to hydrolysis) is 1. The van der Waals surface area contributed by atoms with Crippen LogP contribution in [0.5, 0.6) is 5.75 Å². The zero-order chi connectivity index (χ0) is 25.1. The van der Waals surface area contributed by atoms with E-state index in [1.165, 1.54) is 4.90 Å². The summed E-state index contributed by atoms with van der Waals surface area (Å²) in [5, 5.41) is 25.9. The summed E-state index contributed by atoms with van der Waals surface area (Å²) in [6.07, 6.45) is -0.986. The molecule has 1 aromatic rings. The summed E-state index contributed by atoms with van der Waals surface area (Å²) < 4.78 is 10.5. The molecular weight excluding hydrogens is 434 g/mol. The SMILES string of the molecule is CC(C)(C)OC(=O)N[C@@H](CCC(=O)N1CCc2c([O])ccc([N+](=O)[O-])c21)C(=O)OC(C)(C)C. The maximum Gasteiger partial charge on any atom is 0.408 e. The Kier molecular flexibility index (Phi) is 7.56. The van der Waals surface area contributed by atoms with Crippen molar-refractivity contribution in [1.29, 1.82) is 0 Å². The molecule has 11 nitrogen and oxygen atoms in total. The van der Waals surface area contributed by atoms with Gasteiger partial charge in [0.15, 0.2) is 5.75 Å². The summed E-state index contributed by atoms with van der Waals surface area (Å²) in [5.74, 6) is -1.62. The van der Waals surface area contributed by atoms with Crippen LogP contribution < -0.4 is 10.2 Å². The molecule has 1 N–H and O–H groups in total. The van der Waals surface area contributed by atoms with E-state index in [-0.39, 0.29) is 48.5 Å². The standard InChI is InChI=1S/C22H30N3O8/c1-21(2,3)32-19(28)14(23-20(29)33-22(4,5)6)7-10-17(27)24-12-11-13-16(26)9-8-15(18(13)24)25(30)31/h8-9,14H,7,10-12H2,1-6H3,(H,23,29)/t14-/m0/s1. The zero-order valence-electron chi connectivity index (χ0n) is 19.7. The molecule has 1 aromatic carbocycles. The number of rotatable bonds is 6. The van der Waals surface area contributed by atoms with Crippen LogP contribution in [0.1, 0.15) is 59.9 Å². The number of amides is 2. The van der Waals surface area contributed by atoms with Crippen LogP contribution in [0, 0.1) is 10.1 Å². The Hall–Kier alpha value is -3.37. The molecule has 0 aliphatic carbocycles. The molecule has 0 unspecified atom stereocenters. The lowest BCUT2D eigenvalue weighted by Crippen LogP contribution is -2.46. The van der Waals surface area contributed by atoms with Crippen LogP contribution in [-0.2, 0) is 30.6 Å². The molecule has 0 saturated heterocycles. The monoisotopic (exact) mass is 464 g/mol. The summed E-state index contributed by atoms with van der Waals surface area (Å²) in [5.41, 5.74) is -1.74. The van der Waals surface area contributed by atoms with Crippen LogP contribution in [0.4, 0.5) is 16.2 Å². The number of carbonyl (C=O) groups excluding carboxylic acids is 3. The summed E-state index contributed by atoms with van der Waals surface area (Å²) in [6.45, 7) is 10.1. The molecule has 0 bridgehead atoms. The lowest BCUT2D eigenvalue weighted by atomic mass is 10.1. The highest BCUT2D eigenvalue weighted by atomic mass is 16.6. The second kappa shape index (κ2) is 9.63. The minimum Gasteiger partial charge on any atom is -0.458 e. The summed E-state index contributed by atoms with van der Waals surface area (Å²) in [6, 6.07) is 1.03. The van der Waals surface area contributed by atoms with E-state index in [9.17, 15) is 29.6 Å². The van der Waals surface area contributed by atoms with Crippen molar-refractivity contribution in [2.75, 3.05) is 11.4 Å². The van der Waals surface area contributed by atoms with Crippen LogP contribution in [0.2, 0.25) is 0 Å². The van der Waals surface area contributed by atoms with Crippen molar-refractivity contribution in [3.05, 3.63) is 27.8 Å². The van der Waals surface area contributed by atoms with Crippen molar-refractivity contribution in [1.82, 2.24) is 5.32 Å². The van der Waals surface area contributed by atoms with Crippen molar-refractivity contribution >= 4 is 29.3 Å². The first-order valence-corrected chi connectivity index (χ1v) is 10.6. The van der Waals surface area contributed by atoms with E-state index in [0.717, 1.165) is 12.1 Å². The van der Waals surface area contributed by atoms with Gasteiger partial charge in [-0.3, -0.25) is 20.0 Å². The normalized spacial score (nSPS) is 14.3. The quantitative estimate of drug-likeness (QED) is 0.384. The van der Waals surface area contributed by atoms with Gasteiger partial charge in [-0.2, -0.15) is 0 Å². The minimum atomic E-state index is -1.18. The van der Waals surface area contributed by atoms with Gasteiger partial charge >= 0.3 is 12.1 Å². The van der Waals surface area contributed by atoms with Gasteiger partial charge in [-0.05, 0) is 60.5 Å². The van der Waals surface area contributed by atoms with Crippen molar-refractivity contribution < 1.29 is 33.9 Å². The fraction of sp³-hybridized carbons (Fsp3) is 0.591. The smallest absolute Gasteiger partial charge is 0.408 e. The second-order valence-electron chi connectivity index (χ2n) is 9.73. The summed E-state index contributed by atoms with van der Waals surface area (Å²) in [4.78, 5) is 49.7. The van der Waals surface area contributed by atoms with Crippen molar-refractivity contribution in [2.24, 2.45) is 0 Å². The number of fused-ring (bicyclic) bond motifs is 1. The predicted octanol–water partition coefficient (Wildman–Crippen LogP) is 3.64. The van der Waals surface area contributed by atoms with E-state index in [2.05, 4.69) is 5.32 Å². The molecule has 1 aliphatic heterocycles. The highest BCUT2D eigenvalue weighted by molar-refractivity contribution is 5.99. The van der Waals surface area contributed by atoms with E-state index < -0.39 is 40.1 Å². The van der Waals surface area contributed by atoms with Crippen LogP contribution in [0.15, 0.2) is 12.1 Å². The molecule has 1 heterocycles. The number of anilines is 1. The molecule has 0 aromatic heterocycles. The number of ether oxygens (including phenoxy) is 2. The summed E-state index contributed by atoms with van der Waals surface area (Å²) >= 11 is 0. The van der Waals surface area contributed by atoms with Crippen LogP contribution in [0.25, 0.3) is 0 Å². The van der Waals surface area contributed by atoms with Gasteiger partial charge in [-0.1, -0.05) is 0 Å². The average molecular weight is 464 g/mol. The molecule has 0 fully saturated rings. The van der Waals surface area contributed by atoms with Gasteiger partial charge in [-0.25, -0.2) is 9.59 Å². The molecular formula is C22H30N3O8. The largest absolute Gasteiger partial charge is 0.458 e. The number of nitro benzene ring substituents is 1. The van der Waals surface area contributed by atoms with E-state index >= 15 is 0 Å². The van der Waals surface area contributed by atoms with E-state index in [0.29, 0.717) is 0 Å². The third-order valence-corrected chi connectivity index (χ3v) is 4.60. The van der Waals surface area contributed by atoms with Crippen molar-refractivity contribution in [3.63, 3.8) is 0 Å². The number of nitro groups is 1. The Bertz CT molecular complexity index is 946. The Morgan fingerprint density at radius 2 is 1.73 bits per heavy atom. The van der Waals surface area contributed by atoms with Gasteiger partial charge in [0.2, 0.25) is 5.91 Å². The third kappa shape index (κ3) is 7.06. The topological polar surface area (TPSA) is 148 Å². The molecule has 0 saturated carbocycles. The lowest BCUT2D eigenvalue weighted by Gasteiger charge is -2.26. The second-order valence-corrected chi connectivity index (χ2v) is 9.73. The minimum absolute atomic E-state index is 0.00794. The average Bonchev–Trinajstić information content (AvgIpc) is 3.07. The van der Waals surface area contributed by atoms with Gasteiger partial charge < -0.3 is 19.7 Å². The number of hydrogen-bond acceptors (Lipinski definition) is 7. The van der Waals surface area contributed by atoms with Gasteiger partial charge in [0.1, 0.15) is 22.9 Å². The summed E-state index contributed by atoms with van der Waals surface area (Å²) in [7, 11) is 0. The maximum absolute atomic E-state index is 12.9. The van der Waals surface area contributed by atoms with E-state index in [1.807, 2.05) is 0 Å². The van der Waals surface area contributed by atoms with Crippen molar-refractivity contribution in [3.8, 4) is 5.75 Å². The fourth-order valence-electron chi connectivity index (χ4n) is 3.35. The highest BCUT2D eigenvalue weighted by Crippen LogP contribution is 2.42. The first-order valence-electron chi connectivity index (χ1n) is 10.6. The molecule has 1 atom stereocenters. The first-order chi connectivity index (χ1) is 15.1. The Balaban J connectivity index is 2.18. The van der Waals surface area contributed by atoms with E-state index in [1.54, 1.807) is 41.5 Å². The molecule has 1 radical (unpaired) electrons. The Morgan fingerprint density at radius 3 is 2.27 bits per heavy atom. The Labute approximate surface area is 192 Å². The number of nitrogens with one attached hydrogen (secondary N) is 1. The lowest BCUT2D eigenvalue weighted by molar-refractivity contribution is -0.384. The fourth-order valence-corrected chi connectivity index (χ4v) is 3.35. The number of carbonyl (C=O) groups is 3. The molecule has 181 valence electrons. The Morgan fingerprint density at radius 1 is 1.12 bits per heavy atom. The first kappa shape index (κ1) is 25.9. The highest BCUT2D eigenvalue weighted by Gasteiger charge is 2.36. The van der Waals surface area contributed by atoms with Crippen LogP contribution in [-0.4, -0.2) is 46.7 Å². The molecule has 2 rings (SSSR count). The van der Waals surface area contributed by atoms with E-state index in [4.69, 9.17) is 9.47 Å². The van der Waals surface area contributed by atoms with Crippen LogP contribution >= 0.6 is 0 Å². The zero-order valence-corrected chi connectivity index (χ0v) is 19.7. The van der Waals surface area contributed by atoms with Crippen molar-refractivity contribution in [2.45, 2.75) is 78.0 Å². The number of nitrogens with zero attached hydrogens (tertiary/aromatic N) is 2. The van der Waals surface area contributed by atoms with Gasteiger partial charge in [-0.15, -0.1) is 0 Å². The van der Waals surface area contributed by atoms with Gasteiger partial charge in [0.05, 0.1) is 4.92 Å². The number of benzene rings is 1.